The minimum Gasteiger partial charge on any atom is -0.381 e. The molecule has 7 nitrogen and oxygen atoms in total. The predicted octanol–water partition coefficient (Wildman–Crippen LogP) is 2.15. The Labute approximate surface area is 148 Å². The first-order valence-corrected chi connectivity index (χ1v) is 8.74. The molecular weight excluding hydrogens is 318 g/mol. The first kappa shape index (κ1) is 17.8. The van der Waals surface area contributed by atoms with E-state index in [-0.39, 0.29) is 0 Å². The molecular formula is C18H27N5O2. The third-order valence-electron chi connectivity index (χ3n) is 4.77. The fourth-order valence-corrected chi connectivity index (χ4v) is 3.21. The topological polar surface area (TPSA) is 76.2 Å². The Hall–Kier alpha value is -1.99. The van der Waals surface area contributed by atoms with E-state index in [2.05, 4.69) is 45.1 Å². The molecule has 0 aliphatic carbocycles. The lowest BCUT2D eigenvalue weighted by atomic mass is 10.0. The summed E-state index contributed by atoms with van der Waals surface area (Å²) in [5, 5.41) is 7.32. The highest BCUT2D eigenvalue weighted by Crippen LogP contribution is 2.26. The second-order valence-electron chi connectivity index (χ2n) is 6.64. The second-order valence-corrected chi connectivity index (χ2v) is 6.64. The Morgan fingerprint density at radius 3 is 2.84 bits per heavy atom. The van der Waals surface area contributed by atoms with Crippen molar-refractivity contribution >= 4 is 5.82 Å². The summed E-state index contributed by atoms with van der Waals surface area (Å²) in [6.07, 6.45) is 1.94. The third-order valence-corrected chi connectivity index (χ3v) is 4.77. The van der Waals surface area contributed by atoms with Gasteiger partial charge >= 0.3 is 0 Å². The summed E-state index contributed by atoms with van der Waals surface area (Å²) in [7, 11) is 3.74. The van der Waals surface area contributed by atoms with Crippen molar-refractivity contribution in [3.05, 3.63) is 34.5 Å². The summed E-state index contributed by atoms with van der Waals surface area (Å²) in [6.45, 7) is 6.93. The first-order valence-electron chi connectivity index (χ1n) is 8.74. The van der Waals surface area contributed by atoms with E-state index < -0.39 is 0 Å². The zero-order valence-corrected chi connectivity index (χ0v) is 15.5. The van der Waals surface area contributed by atoms with Crippen molar-refractivity contribution in [1.29, 1.82) is 0 Å². The summed E-state index contributed by atoms with van der Waals surface area (Å²) in [5.74, 6) is 2.01. The molecule has 25 heavy (non-hydrogen) atoms. The summed E-state index contributed by atoms with van der Waals surface area (Å²) in [6, 6.07) is 2.09. The number of rotatable bonds is 7. The molecule has 1 aliphatic rings. The van der Waals surface area contributed by atoms with Gasteiger partial charge in [0.25, 0.3) is 0 Å². The van der Waals surface area contributed by atoms with E-state index in [0.29, 0.717) is 12.5 Å². The van der Waals surface area contributed by atoms with Gasteiger partial charge in [0.15, 0.2) is 5.82 Å². The van der Waals surface area contributed by atoms with Crippen molar-refractivity contribution < 1.29 is 9.47 Å². The predicted molar refractivity (Wildman–Crippen MR) is 96.0 cm³/mol. The van der Waals surface area contributed by atoms with Crippen LogP contribution in [0, 0.1) is 13.8 Å². The lowest BCUT2D eigenvalue weighted by molar-refractivity contribution is 0.177. The SMILES string of the molecule is COCc1nc([C@H]2CCOC2)cc(N(C)CCc2c(C)n[nH]c2C)n1. The van der Waals surface area contributed by atoms with Crippen LogP contribution in [0.1, 0.15) is 40.8 Å². The van der Waals surface area contributed by atoms with Crippen LogP contribution >= 0.6 is 0 Å². The van der Waals surface area contributed by atoms with Gasteiger partial charge in [-0.1, -0.05) is 0 Å². The van der Waals surface area contributed by atoms with Crippen LogP contribution in [-0.4, -0.2) is 54.1 Å². The van der Waals surface area contributed by atoms with Crippen molar-refractivity contribution in [3.63, 3.8) is 0 Å². The van der Waals surface area contributed by atoms with Gasteiger partial charge < -0.3 is 14.4 Å². The fraction of sp³-hybridized carbons (Fsp3) is 0.611. The lowest BCUT2D eigenvalue weighted by Crippen LogP contribution is -2.23. The molecule has 1 N–H and O–H groups in total. The number of ether oxygens (including phenoxy) is 2. The second kappa shape index (κ2) is 7.93. The Balaban J connectivity index is 1.77. The number of aryl methyl sites for hydroxylation is 2. The van der Waals surface area contributed by atoms with Gasteiger partial charge in [-0.15, -0.1) is 0 Å². The van der Waals surface area contributed by atoms with E-state index in [4.69, 9.17) is 9.47 Å². The molecule has 0 unspecified atom stereocenters. The number of anilines is 1. The van der Waals surface area contributed by atoms with Gasteiger partial charge in [-0.2, -0.15) is 5.10 Å². The van der Waals surface area contributed by atoms with Crippen molar-refractivity contribution in [3.8, 4) is 0 Å². The molecule has 2 aromatic rings. The molecule has 0 aromatic carbocycles. The van der Waals surface area contributed by atoms with Gasteiger partial charge in [0, 0.05) is 45.0 Å². The maximum Gasteiger partial charge on any atom is 0.156 e. The highest BCUT2D eigenvalue weighted by molar-refractivity contribution is 5.40. The molecule has 0 saturated carbocycles. The molecule has 0 bridgehead atoms. The summed E-state index contributed by atoms with van der Waals surface area (Å²) in [4.78, 5) is 11.5. The standard InChI is InChI=1S/C18H27N5O2/c1-12-15(13(2)22-21-12)5-7-23(3)18-9-16(14-6-8-25-10-14)19-17(20-18)11-24-4/h9,14H,5-8,10-11H2,1-4H3,(H,21,22)/t14-/m0/s1. The van der Waals surface area contributed by atoms with Crippen molar-refractivity contribution in [2.24, 2.45) is 0 Å². The quantitative estimate of drug-likeness (QED) is 0.829. The zero-order chi connectivity index (χ0) is 17.8. The normalized spacial score (nSPS) is 17.2. The summed E-state index contributed by atoms with van der Waals surface area (Å²) in [5.41, 5.74) is 4.54. The van der Waals surface area contributed by atoms with Crippen molar-refractivity contribution in [1.82, 2.24) is 20.2 Å². The number of hydrogen-bond donors (Lipinski definition) is 1. The average molecular weight is 345 g/mol. The molecule has 0 radical (unpaired) electrons. The number of nitrogens with zero attached hydrogens (tertiary/aromatic N) is 4. The largest absolute Gasteiger partial charge is 0.381 e. The smallest absolute Gasteiger partial charge is 0.156 e. The van der Waals surface area contributed by atoms with Gasteiger partial charge in [-0.05, 0) is 32.3 Å². The van der Waals surface area contributed by atoms with Crippen LogP contribution in [0.4, 0.5) is 5.82 Å². The van der Waals surface area contributed by atoms with E-state index in [1.165, 1.54) is 5.56 Å². The van der Waals surface area contributed by atoms with Crippen LogP contribution in [0.15, 0.2) is 6.07 Å². The third kappa shape index (κ3) is 4.16. The Kier molecular flexibility index (Phi) is 5.65. The Morgan fingerprint density at radius 2 is 2.20 bits per heavy atom. The first-order chi connectivity index (χ1) is 12.1. The Bertz CT molecular complexity index is 690. The van der Waals surface area contributed by atoms with Gasteiger partial charge in [0.1, 0.15) is 12.4 Å². The average Bonchev–Trinajstić information content (AvgIpc) is 3.24. The number of H-pyrrole nitrogens is 1. The van der Waals surface area contributed by atoms with Crippen LogP contribution in [0.5, 0.6) is 0 Å². The molecule has 1 saturated heterocycles. The van der Waals surface area contributed by atoms with Crippen LogP contribution in [-0.2, 0) is 22.5 Å². The lowest BCUT2D eigenvalue weighted by Gasteiger charge is -2.20. The number of nitrogens with one attached hydrogen (secondary N) is 1. The molecule has 0 amide bonds. The fourth-order valence-electron chi connectivity index (χ4n) is 3.21. The van der Waals surface area contributed by atoms with Crippen LogP contribution in [0.25, 0.3) is 0 Å². The molecule has 1 aliphatic heterocycles. The van der Waals surface area contributed by atoms with E-state index in [1.54, 1.807) is 7.11 Å². The number of aromatic nitrogens is 4. The molecule has 1 atom stereocenters. The van der Waals surface area contributed by atoms with Crippen LogP contribution in [0.3, 0.4) is 0 Å². The number of hydrogen-bond acceptors (Lipinski definition) is 6. The zero-order valence-electron chi connectivity index (χ0n) is 15.5. The van der Waals surface area contributed by atoms with Crippen LogP contribution in [0.2, 0.25) is 0 Å². The molecule has 2 aromatic heterocycles. The van der Waals surface area contributed by atoms with Gasteiger partial charge in [-0.25, -0.2) is 9.97 Å². The van der Waals surface area contributed by atoms with Crippen molar-refractivity contribution in [2.45, 2.75) is 39.2 Å². The molecule has 0 spiro atoms. The van der Waals surface area contributed by atoms with E-state index >= 15 is 0 Å². The molecule has 136 valence electrons. The number of aromatic amines is 1. The number of methoxy groups -OCH3 is 1. The molecule has 3 rings (SSSR count). The molecule has 3 heterocycles. The minimum absolute atomic E-state index is 0.351. The van der Waals surface area contributed by atoms with Gasteiger partial charge in [0.2, 0.25) is 0 Å². The maximum atomic E-state index is 5.52. The summed E-state index contributed by atoms with van der Waals surface area (Å²) < 4.78 is 10.8. The maximum absolute atomic E-state index is 5.52. The molecule has 1 fully saturated rings. The van der Waals surface area contributed by atoms with Gasteiger partial charge in [0.05, 0.1) is 18.0 Å². The Morgan fingerprint density at radius 1 is 1.36 bits per heavy atom. The van der Waals surface area contributed by atoms with E-state index in [0.717, 1.165) is 61.3 Å². The highest BCUT2D eigenvalue weighted by atomic mass is 16.5. The summed E-state index contributed by atoms with van der Waals surface area (Å²) >= 11 is 0. The van der Waals surface area contributed by atoms with Gasteiger partial charge in [-0.3, -0.25) is 5.10 Å². The molecule has 7 heteroatoms. The van der Waals surface area contributed by atoms with Crippen molar-refractivity contribution in [2.75, 3.05) is 38.8 Å². The van der Waals surface area contributed by atoms with Crippen LogP contribution < -0.4 is 4.90 Å². The van der Waals surface area contributed by atoms with E-state index in [9.17, 15) is 0 Å². The highest BCUT2D eigenvalue weighted by Gasteiger charge is 2.21. The monoisotopic (exact) mass is 345 g/mol. The van der Waals surface area contributed by atoms with E-state index in [1.807, 2.05) is 6.92 Å². The number of likely N-dealkylation sites (N-methyl/N-ethyl adjacent to an activating group) is 1. The minimum atomic E-state index is 0.351.